The first kappa shape index (κ1) is 29.4. The summed E-state index contributed by atoms with van der Waals surface area (Å²) in [7, 11) is 0. The molecule has 2 aromatic carbocycles. The third-order valence-electron chi connectivity index (χ3n) is 3.58. The monoisotopic (exact) mass is 418 g/mol. The topological polar surface area (TPSA) is 0 Å². The maximum Gasteiger partial charge on any atom is 4.00 e. The van der Waals surface area contributed by atoms with Gasteiger partial charge in [-0.25, -0.2) is 12.1 Å². The molecule has 0 aliphatic carbocycles. The molecule has 1 heteroatoms. The second-order valence-corrected chi connectivity index (χ2v) is 5.80. The number of aryl methyl sites for hydroxylation is 4. The predicted molar refractivity (Wildman–Crippen MR) is 113 cm³/mol. The van der Waals surface area contributed by atoms with Crippen LogP contribution < -0.4 is 0 Å². The van der Waals surface area contributed by atoms with Crippen LogP contribution in [0.25, 0.3) is 0 Å². The van der Waals surface area contributed by atoms with E-state index in [0.717, 1.165) is 0 Å². The molecular formula is C24H40Zr. The van der Waals surface area contributed by atoms with E-state index < -0.39 is 0 Å². The van der Waals surface area contributed by atoms with Gasteiger partial charge in [-0.2, -0.15) is 60.4 Å². The molecular weight excluding hydrogens is 379 g/mol. The normalized spacial score (nSPS) is 8.64. The van der Waals surface area contributed by atoms with Gasteiger partial charge in [0.1, 0.15) is 0 Å². The van der Waals surface area contributed by atoms with Crippen molar-refractivity contribution in [1.82, 2.24) is 0 Å². The zero-order valence-corrected chi connectivity index (χ0v) is 20.1. The zero-order chi connectivity index (χ0) is 18.8. The van der Waals surface area contributed by atoms with Gasteiger partial charge in [0.15, 0.2) is 0 Å². The van der Waals surface area contributed by atoms with E-state index in [0.29, 0.717) is 0 Å². The second kappa shape index (κ2) is 21.6. The number of hydrogen-bond acceptors (Lipinski definition) is 0. The Balaban J connectivity index is -0.000000312. The molecule has 0 atom stereocenters. The van der Waals surface area contributed by atoms with Crippen LogP contribution in [0.2, 0.25) is 0 Å². The van der Waals surface area contributed by atoms with Gasteiger partial charge in [-0.05, 0) is 0 Å². The van der Waals surface area contributed by atoms with E-state index in [1.807, 2.05) is 0 Å². The van der Waals surface area contributed by atoms with Gasteiger partial charge in [0.2, 0.25) is 0 Å². The van der Waals surface area contributed by atoms with Gasteiger partial charge < -0.3 is 13.8 Å². The van der Waals surface area contributed by atoms with Crippen molar-refractivity contribution in [3.8, 4) is 0 Å². The fraction of sp³-hybridized carbons (Fsp3) is 0.500. The largest absolute Gasteiger partial charge is 4.00 e. The summed E-state index contributed by atoms with van der Waals surface area (Å²) < 4.78 is 0. The van der Waals surface area contributed by atoms with Crippen molar-refractivity contribution < 1.29 is 26.2 Å². The molecule has 0 fully saturated rings. The Morgan fingerprint density at radius 1 is 0.720 bits per heavy atom. The average molecular weight is 420 g/mol. The molecule has 0 heterocycles. The average Bonchev–Trinajstić information content (AvgIpc) is 3.23. The van der Waals surface area contributed by atoms with Gasteiger partial charge in [-0.1, -0.05) is 66.2 Å². The van der Waals surface area contributed by atoms with Crippen molar-refractivity contribution in [2.24, 2.45) is 0 Å². The van der Waals surface area contributed by atoms with E-state index in [1.54, 1.807) is 13.8 Å². The summed E-state index contributed by atoms with van der Waals surface area (Å²) >= 11 is 0. The van der Waals surface area contributed by atoms with Gasteiger partial charge in [0, 0.05) is 0 Å². The van der Waals surface area contributed by atoms with Crippen LogP contribution in [0.3, 0.4) is 0 Å². The van der Waals surface area contributed by atoms with Crippen molar-refractivity contribution in [2.75, 3.05) is 0 Å². The summed E-state index contributed by atoms with van der Waals surface area (Å²) in [6.45, 7) is 18.8. The summed E-state index contributed by atoms with van der Waals surface area (Å²) in [5.41, 5.74) is 5.79. The molecule has 25 heavy (non-hydrogen) atoms. The molecule has 2 aromatic rings. The van der Waals surface area contributed by atoms with Crippen LogP contribution in [-0.4, -0.2) is 0 Å². The molecule has 0 N–H and O–H groups in total. The SMILES string of the molecule is CCCCc1cc[c-](C)c1.CCCCc1cc[c-](C)c1.[CH2-]C.[CH2-]C.[Zr+4]. The van der Waals surface area contributed by atoms with Crippen molar-refractivity contribution >= 4 is 0 Å². The third-order valence-corrected chi connectivity index (χ3v) is 3.58. The van der Waals surface area contributed by atoms with E-state index in [9.17, 15) is 0 Å². The summed E-state index contributed by atoms with van der Waals surface area (Å²) in [5.74, 6) is 0. The van der Waals surface area contributed by atoms with Crippen molar-refractivity contribution in [3.63, 3.8) is 0 Å². The Hall–Kier alpha value is -0.417. The fourth-order valence-corrected chi connectivity index (χ4v) is 2.33. The van der Waals surface area contributed by atoms with Crippen LogP contribution in [0, 0.1) is 27.7 Å². The van der Waals surface area contributed by atoms with Gasteiger partial charge in [-0.15, -0.1) is 0 Å². The first-order valence-corrected chi connectivity index (χ1v) is 9.51. The fourth-order valence-electron chi connectivity index (χ4n) is 2.33. The Labute approximate surface area is 178 Å². The first-order valence-electron chi connectivity index (χ1n) is 9.51. The third kappa shape index (κ3) is 16.8. The van der Waals surface area contributed by atoms with Crippen molar-refractivity contribution in [2.45, 2.75) is 80.1 Å². The maximum absolute atomic E-state index is 3.25. The summed E-state index contributed by atoms with van der Waals surface area (Å²) in [6, 6.07) is 13.4. The second-order valence-electron chi connectivity index (χ2n) is 5.80. The number of rotatable bonds is 6. The molecule has 0 aliphatic heterocycles. The van der Waals surface area contributed by atoms with Crippen LogP contribution in [0.4, 0.5) is 0 Å². The first-order chi connectivity index (χ1) is 11.7. The van der Waals surface area contributed by atoms with Crippen LogP contribution in [-0.2, 0) is 39.0 Å². The predicted octanol–water partition coefficient (Wildman–Crippen LogP) is 7.79. The van der Waals surface area contributed by atoms with Gasteiger partial charge >= 0.3 is 26.2 Å². The molecule has 2 rings (SSSR count). The van der Waals surface area contributed by atoms with E-state index in [4.69, 9.17) is 0 Å². The summed E-state index contributed by atoms with van der Waals surface area (Å²) in [5, 5.41) is 0. The molecule has 0 amide bonds. The molecule has 0 saturated heterocycles. The Bertz CT molecular complexity index is 418. The summed E-state index contributed by atoms with van der Waals surface area (Å²) in [6.07, 6.45) is 7.75. The van der Waals surface area contributed by atoms with Crippen LogP contribution in [0.15, 0.2) is 36.4 Å². The molecule has 0 radical (unpaired) electrons. The van der Waals surface area contributed by atoms with Gasteiger partial charge in [0.25, 0.3) is 0 Å². The minimum Gasteiger partial charge on any atom is -0.346 e. The minimum atomic E-state index is 0. The quantitative estimate of drug-likeness (QED) is 0.419. The van der Waals surface area contributed by atoms with E-state index in [-0.39, 0.29) is 26.2 Å². The molecule has 0 unspecified atom stereocenters. The van der Waals surface area contributed by atoms with Crippen molar-refractivity contribution in [1.29, 1.82) is 0 Å². The molecule has 0 nitrogen and oxygen atoms in total. The number of hydrogen-bond donors (Lipinski definition) is 0. The summed E-state index contributed by atoms with van der Waals surface area (Å²) in [4.78, 5) is 0. The number of unbranched alkanes of at least 4 members (excludes halogenated alkanes) is 2. The van der Waals surface area contributed by atoms with Crippen LogP contribution in [0.1, 0.15) is 75.6 Å². The van der Waals surface area contributed by atoms with Crippen LogP contribution >= 0.6 is 0 Å². The van der Waals surface area contributed by atoms with E-state index in [2.05, 4.69) is 77.9 Å². The Morgan fingerprint density at radius 3 is 1.24 bits per heavy atom. The van der Waals surface area contributed by atoms with Crippen LogP contribution in [0.5, 0.6) is 0 Å². The smallest absolute Gasteiger partial charge is 0.346 e. The Kier molecular flexibility index (Phi) is 25.4. The minimum absolute atomic E-state index is 0. The molecule has 0 saturated carbocycles. The maximum atomic E-state index is 3.25. The standard InChI is InChI=1S/2C10H15.2C2H5.Zr/c2*1-3-4-5-10-7-6-9(2)8-10;2*1-2;/h2*6-8H,3-5H2,1-2H3;2*1H2,2H3;/q4*-1;+4. The van der Waals surface area contributed by atoms with E-state index in [1.165, 1.54) is 60.8 Å². The van der Waals surface area contributed by atoms with Gasteiger partial charge in [-0.3, -0.25) is 0 Å². The van der Waals surface area contributed by atoms with Gasteiger partial charge in [0.05, 0.1) is 0 Å². The Morgan fingerprint density at radius 2 is 1.04 bits per heavy atom. The molecule has 0 spiro atoms. The molecule has 0 aliphatic rings. The molecule has 140 valence electrons. The zero-order valence-electron chi connectivity index (χ0n) is 17.6. The molecule has 0 bridgehead atoms. The van der Waals surface area contributed by atoms with Crippen molar-refractivity contribution in [3.05, 3.63) is 72.5 Å². The van der Waals surface area contributed by atoms with E-state index >= 15 is 0 Å². The molecule has 0 aromatic heterocycles.